The summed E-state index contributed by atoms with van der Waals surface area (Å²) in [6.45, 7) is 5.75. The highest BCUT2D eigenvalue weighted by molar-refractivity contribution is 7.54. The molecule has 0 spiro atoms. The summed E-state index contributed by atoms with van der Waals surface area (Å²) in [6.07, 6.45) is 0.340. The number of H-pyrrole nitrogens is 1. The van der Waals surface area contributed by atoms with E-state index in [1.54, 1.807) is 19.9 Å². The van der Waals surface area contributed by atoms with Crippen molar-refractivity contribution in [2.75, 3.05) is 12.8 Å². The molecule has 0 bridgehead atoms. The fraction of sp³-hybridized carbons (Fsp3) is 0.625. The number of aryl methyl sites for hydroxylation is 1. The van der Waals surface area contributed by atoms with E-state index in [1.165, 1.54) is 0 Å². The number of rotatable bonds is 5. The van der Waals surface area contributed by atoms with Crippen LogP contribution in [0.15, 0.2) is 6.07 Å². The van der Waals surface area contributed by atoms with E-state index in [1.807, 2.05) is 6.92 Å². The molecule has 80 valence electrons. The average molecular weight is 218 g/mol. The third kappa shape index (κ3) is 2.86. The maximum absolute atomic E-state index is 11.9. The molecule has 6 heteroatoms. The molecule has 0 radical (unpaired) electrons. The molecule has 5 nitrogen and oxygen atoms in total. The molecular formula is C8H15N2O3P. The van der Waals surface area contributed by atoms with Crippen molar-refractivity contribution < 1.29 is 13.6 Å². The van der Waals surface area contributed by atoms with Crippen LogP contribution in [0.4, 0.5) is 0 Å². The van der Waals surface area contributed by atoms with Gasteiger partial charge in [0.2, 0.25) is 5.88 Å². The molecule has 1 N–H and O–H groups in total. The summed E-state index contributed by atoms with van der Waals surface area (Å²) < 4.78 is 22.1. The molecule has 1 aromatic heterocycles. The van der Waals surface area contributed by atoms with Crippen molar-refractivity contribution >= 4 is 7.60 Å². The summed E-state index contributed by atoms with van der Waals surface area (Å²) in [6, 6.07) is 1.68. The van der Waals surface area contributed by atoms with Gasteiger partial charge in [0.15, 0.2) is 0 Å². The monoisotopic (exact) mass is 218 g/mol. The van der Waals surface area contributed by atoms with Crippen LogP contribution in [-0.2, 0) is 9.09 Å². The lowest BCUT2D eigenvalue weighted by molar-refractivity contribution is 0.277. The van der Waals surface area contributed by atoms with E-state index in [0.717, 1.165) is 5.69 Å². The van der Waals surface area contributed by atoms with E-state index < -0.39 is 7.60 Å². The molecule has 0 aliphatic carbocycles. The number of nitrogens with one attached hydrogen (secondary N) is 1. The van der Waals surface area contributed by atoms with Gasteiger partial charge in [-0.15, -0.1) is 5.10 Å². The lowest BCUT2D eigenvalue weighted by Crippen LogP contribution is -2.00. The first-order valence-corrected chi connectivity index (χ1v) is 6.27. The maximum Gasteiger partial charge on any atom is 0.380 e. The van der Waals surface area contributed by atoms with Crippen molar-refractivity contribution in [1.82, 2.24) is 10.2 Å². The maximum atomic E-state index is 11.9. The first-order valence-electron chi connectivity index (χ1n) is 4.55. The van der Waals surface area contributed by atoms with Crippen LogP contribution in [0.5, 0.6) is 5.88 Å². The van der Waals surface area contributed by atoms with Gasteiger partial charge in [0.05, 0.1) is 12.8 Å². The highest BCUT2D eigenvalue weighted by atomic mass is 31.2. The molecule has 1 unspecified atom stereocenters. The molecule has 14 heavy (non-hydrogen) atoms. The number of hydrogen-bond donors (Lipinski definition) is 1. The Bertz CT molecular complexity index is 337. The zero-order valence-electron chi connectivity index (χ0n) is 8.61. The number of aromatic amines is 1. The fourth-order valence-corrected chi connectivity index (χ4v) is 2.10. The Morgan fingerprint density at radius 3 is 2.71 bits per heavy atom. The van der Waals surface area contributed by atoms with Crippen LogP contribution in [0.2, 0.25) is 0 Å². The summed E-state index contributed by atoms with van der Waals surface area (Å²) in [4.78, 5) is 0. The second kappa shape index (κ2) is 4.62. The Balaban J connectivity index is 2.70. The summed E-state index contributed by atoms with van der Waals surface area (Å²) in [7, 11) is -2.99. The van der Waals surface area contributed by atoms with Crippen LogP contribution >= 0.6 is 7.60 Å². The van der Waals surface area contributed by atoms with Gasteiger partial charge in [0.25, 0.3) is 0 Å². The normalized spacial score (nSPS) is 15.1. The third-order valence-electron chi connectivity index (χ3n) is 1.63. The number of hydrogen-bond acceptors (Lipinski definition) is 4. The Labute approximate surface area is 83.3 Å². The quantitative estimate of drug-likeness (QED) is 0.770. The minimum Gasteiger partial charge on any atom is -0.404 e. The largest absolute Gasteiger partial charge is 0.404 e. The first kappa shape index (κ1) is 11.3. The standard InChI is InChI=1S/C8H15N2O3P/c1-4-12-14(11,5-2)13-8-6-7(3)9-10-8/h6H,4-5H2,1-3H3,(H,9,10). The van der Waals surface area contributed by atoms with E-state index in [2.05, 4.69) is 10.2 Å². The van der Waals surface area contributed by atoms with Gasteiger partial charge in [-0.2, -0.15) is 0 Å². The smallest absolute Gasteiger partial charge is 0.380 e. The second-order valence-corrected chi connectivity index (χ2v) is 5.12. The molecule has 0 aliphatic rings. The average Bonchev–Trinajstić information content (AvgIpc) is 2.51. The predicted molar refractivity (Wildman–Crippen MR) is 53.7 cm³/mol. The van der Waals surface area contributed by atoms with E-state index >= 15 is 0 Å². The third-order valence-corrected chi connectivity index (χ3v) is 3.52. The molecule has 0 aromatic carbocycles. The van der Waals surface area contributed by atoms with Crippen molar-refractivity contribution in [2.24, 2.45) is 0 Å². The van der Waals surface area contributed by atoms with Gasteiger partial charge >= 0.3 is 7.60 Å². The summed E-state index contributed by atoms with van der Waals surface area (Å²) >= 11 is 0. The lowest BCUT2D eigenvalue weighted by atomic mass is 10.5. The molecule has 0 amide bonds. The van der Waals surface area contributed by atoms with Crippen molar-refractivity contribution in [3.05, 3.63) is 11.8 Å². The van der Waals surface area contributed by atoms with Gasteiger partial charge in [0.1, 0.15) is 0 Å². The molecule has 0 fully saturated rings. The Morgan fingerprint density at radius 2 is 2.29 bits per heavy atom. The van der Waals surface area contributed by atoms with E-state index in [9.17, 15) is 4.57 Å². The fourth-order valence-electron chi connectivity index (χ4n) is 0.961. The number of nitrogens with zero attached hydrogens (tertiary/aromatic N) is 1. The molecule has 1 rings (SSSR count). The van der Waals surface area contributed by atoms with Crippen LogP contribution in [0.1, 0.15) is 19.5 Å². The van der Waals surface area contributed by atoms with Gasteiger partial charge < -0.3 is 9.05 Å². The molecule has 0 aliphatic heterocycles. The lowest BCUT2D eigenvalue weighted by Gasteiger charge is -2.14. The van der Waals surface area contributed by atoms with Gasteiger partial charge in [0, 0.05) is 11.8 Å². The minimum atomic E-state index is -2.99. The van der Waals surface area contributed by atoms with Crippen LogP contribution in [0, 0.1) is 6.92 Å². The zero-order chi connectivity index (χ0) is 10.6. The minimum absolute atomic E-state index is 0.320. The van der Waals surface area contributed by atoms with E-state index in [4.69, 9.17) is 9.05 Å². The highest BCUT2D eigenvalue weighted by Crippen LogP contribution is 2.47. The van der Waals surface area contributed by atoms with Gasteiger partial charge in [-0.25, -0.2) is 4.57 Å². The van der Waals surface area contributed by atoms with Crippen molar-refractivity contribution in [3.63, 3.8) is 0 Å². The SMILES string of the molecule is CCOP(=O)(CC)Oc1cc(C)[nH]n1. The molecule has 1 heterocycles. The van der Waals surface area contributed by atoms with E-state index in [-0.39, 0.29) is 0 Å². The van der Waals surface area contributed by atoms with Crippen LogP contribution in [-0.4, -0.2) is 23.0 Å². The highest BCUT2D eigenvalue weighted by Gasteiger charge is 2.23. The summed E-state index contributed by atoms with van der Waals surface area (Å²) in [5.74, 6) is 0.320. The zero-order valence-corrected chi connectivity index (χ0v) is 9.51. The molecular weight excluding hydrogens is 203 g/mol. The molecule has 0 saturated carbocycles. The Kier molecular flexibility index (Phi) is 3.72. The second-order valence-electron chi connectivity index (χ2n) is 2.83. The molecule has 1 aromatic rings. The van der Waals surface area contributed by atoms with Crippen molar-refractivity contribution in [2.45, 2.75) is 20.8 Å². The summed E-state index contributed by atoms with van der Waals surface area (Å²) in [5.41, 5.74) is 0.860. The van der Waals surface area contributed by atoms with Gasteiger partial charge in [-0.1, -0.05) is 6.92 Å². The summed E-state index contributed by atoms with van der Waals surface area (Å²) in [5, 5.41) is 6.54. The van der Waals surface area contributed by atoms with Gasteiger partial charge in [-0.05, 0) is 13.8 Å². The van der Waals surface area contributed by atoms with Crippen LogP contribution in [0.25, 0.3) is 0 Å². The molecule has 1 atom stereocenters. The van der Waals surface area contributed by atoms with Crippen LogP contribution < -0.4 is 4.52 Å². The van der Waals surface area contributed by atoms with Crippen molar-refractivity contribution in [3.8, 4) is 5.88 Å². The topological polar surface area (TPSA) is 64.2 Å². The number of aromatic nitrogens is 2. The van der Waals surface area contributed by atoms with Gasteiger partial charge in [-0.3, -0.25) is 5.10 Å². The first-order chi connectivity index (χ1) is 6.59. The Morgan fingerprint density at radius 1 is 1.57 bits per heavy atom. The predicted octanol–water partition coefficient (Wildman–Crippen LogP) is 2.35. The van der Waals surface area contributed by atoms with E-state index in [0.29, 0.717) is 18.6 Å². The van der Waals surface area contributed by atoms with Crippen LogP contribution in [0.3, 0.4) is 0 Å². The van der Waals surface area contributed by atoms with Crippen molar-refractivity contribution in [1.29, 1.82) is 0 Å². The molecule has 0 saturated heterocycles. The Hall–Kier alpha value is -0.800.